The number of alkyl halides is 1. The molecule has 3 heteroatoms. The molecule has 0 amide bonds. The second-order valence-corrected chi connectivity index (χ2v) is 9.52. The number of fused-ring (bicyclic) bond motifs is 5. The Morgan fingerprint density at radius 1 is 1.13 bits per heavy atom. The van der Waals surface area contributed by atoms with Gasteiger partial charge in [0.2, 0.25) is 0 Å². The van der Waals surface area contributed by atoms with Crippen molar-refractivity contribution in [3.8, 4) is 0 Å². The van der Waals surface area contributed by atoms with E-state index in [1.54, 1.807) is 0 Å². The quantitative estimate of drug-likeness (QED) is 0.787. The first-order valence-corrected chi connectivity index (χ1v) is 9.66. The molecule has 130 valence electrons. The maximum atomic E-state index is 14.0. The van der Waals surface area contributed by atoms with Crippen molar-refractivity contribution in [2.24, 2.45) is 40.4 Å². The van der Waals surface area contributed by atoms with Crippen molar-refractivity contribution >= 4 is 5.78 Å². The summed E-state index contributed by atoms with van der Waals surface area (Å²) in [5.74, 6) is 2.34. The summed E-state index contributed by atoms with van der Waals surface area (Å²) in [4.78, 5) is 12.0. The fraction of sp³-hybridized carbons (Fsp3) is 0.950. The van der Waals surface area contributed by atoms with Crippen LogP contribution >= 0.6 is 0 Å². The highest BCUT2D eigenvalue weighted by Crippen LogP contribution is 2.67. The summed E-state index contributed by atoms with van der Waals surface area (Å²) in [6, 6.07) is 0. The van der Waals surface area contributed by atoms with E-state index in [4.69, 9.17) is 0 Å². The van der Waals surface area contributed by atoms with Crippen molar-refractivity contribution in [2.45, 2.75) is 71.3 Å². The van der Waals surface area contributed by atoms with E-state index < -0.39 is 0 Å². The van der Waals surface area contributed by atoms with Gasteiger partial charge in [0.1, 0.15) is 5.78 Å². The molecule has 2 nitrogen and oxygen atoms in total. The van der Waals surface area contributed by atoms with E-state index in [2.05, 4.69) is 13.8 Å². The molecule has 0 aromatic heterocycles. The number of aliphatic hydroxyl groups is 1. The van der Waals surface area contributed by atoms with Gasteiger partial charge in [-0.15, -0.1) is 0 Å². The van der Waals surface area contributed by atoms with E-state index in [0.717, 1.165) is 44.9 Å². The van der Waals surface area contributed by atoms with Gasteiger partial charge < -0.3 is 5.11 Å². The van der Waals surface area contributed by atoms with Crippen LogP contribution in [0.1, 0.15) is 65.2 Å². The predicted octanol–water partition coefficient (Wildman–Crippen LogP) is 4.15. The Hall–Kier alpha value is -0.440. The molecule has 4 rings (SSSR count). The number of rotatable bonds is 1. The monoisotopic (exact) mass is 322 g/mol. The average Bonchev–Trinajstić information content (AvgIpc) is 2.83. The maximum absolute atomic E-state index is 14.0. The van der Waals surface area contributed by atoms with Gasteiger partial charge in [-0.25, -0.2) is 0 Å². The Morgan fingerprint density at radius 2 is 1.87 bits per heavy atom. The van der Waals surface area contributed by atoms with Gasteiger partial charge in [0, 0.05) is 12.8 Å². The lowest BCUT2D eigenvalue weighted by atomic mass is 9.43. The number of carbonyl (C=O) groups is 1. The lowest BCUT2D eigenvalue weighted by Gasteiger charge is -2.62. The van der Waals surface area contributed by atoms with Gasteiger partial charge in [-0.3, -0.25) is 9.18 Å². The van der Waals surface area contributed by atoms with Crippen LogP contribution in [0.3, 0.4) is 0 Å². The van der Waals surface area contributed by atoms with Crippen LogP contribution in [0.5, 0.6) is 0 Å². The van der Waals surface area contributed by atoms with E-state index in [9.17, 15) is 14.3 Å². The van der Waals surface area contributed by atoms with Crippen LogP contribution < -0.4 is 0 Å². The Morgan fingerprint density at radius 3 is 2.61 bits per heavy atom. The molecule has 0 radical (unpaired) electrons. The van der Waals surface area contributed by atoms with Crippen LogP contribution in [0.4, 0.5) is 4.39 Å². The van der Waals surface area contributed by atoms with Crippen LogP contribution in [0.2, 0.25) is 0 Å². The summed E-state index contributed by atoms with van der Waals surface area (Å²) in [5, 5.41) is 10.5. The molecule has 0 bridgehead atoms. The van der Waals surface area contributed by atoms with Crippen molar-refractivity contribution < 1.29 is 14.3 Å². The summed E-state index contributed by atoms with van der Waals surface area (Å²) in [5.41, 5.74) is 0.224. The third kappa shape index (κ3) is 2.11. The summed E-state index contributed by atoms with van der Waals surface area (Å²) >= 11 is 0. The summed E-state index contributed by atoms with van der Waals surface area (Å²) in [6.45, 7) is 4.40. The Labute approximate surface area is 139 Å². The van der Waals surface area contributed by atoms with Crippen LogP contribution in [-0.4, -0.2) is 23.7 Å². The molecule has 0 heterocycles. The molecule has 8 atom stereocenters. The highest BCUT2D eigenvalue weighted by atomic mass is 19.1. The number of halogens is 1. The topological polar surface area (TPSA) is 37.3 Å². The minimum absolute atomic E-state index is 0.00225. The fourth-order valence-electron chi connectivity index (χ4n) is 7.35. The Kier molecular flexibility index (Phi) is 3.68. The summed E-state index contributed by atoms with van der Waals surface area (Å²) < 4.78 is 14.0. The first-order valence-electron chi connectivity index (χ1n) is 9.66. The molecule has 4 fully saturated rings. The predicted molar refractivity (Wildman–Crippen MR) is 87.6 cm³/mol. The smallest absolute Gasteiger partial charge is 0.133 e. The van der Waals surface area contributed by atoms with Crippen LogP contribution in [-0.2, 0) is 4.79 Å². The van der Waals surface area contributed by atoms with Gasteiger partial charge in [-0.1, -0.05) is 13.8 Å². The van der Waals surface area contributed by atoms with Crippen molar-refractivity contribution in [1.82, 2.24) is 0 Å². The zero-order chi connectivity index (χ0) is 16.4. The summed E-state index contributed by atoms with van der Waals surface area (Å²) in [6.07, 6.45) is 7.25. The van der Waals surface area contributed by atoms with Crippen molar-refractivity contribution in [3.63, 3.8) is 0 Å². The normalized spacial score (nSPS) is 55.9. The largest absolute Gasteiger partial charge is 0.393 e. The van der Waals surface area contributed by atoms with E-state index in [1.165, 1.54) is 0 Å². The van der Waals surface area contributed by atoms with Crippen LogP contribution in [0.15, 0.2) is 0 Å². The zero-order valence-electron chi connectivity index (χ0n) is 14.6. The first-order chi connectivity index (χ1) is 10.9. The molecule has 2 unspecified atom stereocenters. The minimum atomic E-state index is -0.245. The molecule has 23 heavy (non-hydrogen) atoms. The number of aliphatic hydroxyl groups excluding tert-OH is 1. The minimum Gasteiger partial charge on any atom is -0.393 e. The van der Waals surface area contributed by atoms with Crippen LogP contribution in [0, 0.1) is 40.4 Å². The molecule has 0 saturated heterocycles. The SMILES string of the molecule is C[C@]12CC[C@H]3[C@@H](C(CF)CC4CC(=O)CC[C@@]43C)[C@@H]1CC[C@@H]2O. The first kappa shape index (κ1) is 16.1. The molecule has 0 aliphatic heterocycles. The van der Waals surface area contributed by atoms with E-state index in [1.807, 2.05) is 0 Å². The van der Waals surface area contributed by atoms with E-state index >= 15 is 0 Å². The number of Topliss-reactive ketones (excluding diaryl/α,β-unsaturated/α-hetero) is 1. The average molecular weight is 322 g/mol. The molecular formula is C20H31FO2. The van der Waals surface area contributed by atoms with Gasteiger partial charge in [-0.05, 0) is 78.9 Å². The molecule has 0 spiro atoms. The lowest BCUT2D eigenvalue weighted by Crippen LogP contribution is -2.57. The van der Waals surface area contributed by atoms with Crippen molar-refractivity contribution in [1.29, 1.82) is 0 Å². The zero-order valence-corrected chi connectivity index (χ0v) is 14.6. The number of hydrogen-bond acceptors (Lipinski definition) is 2. The van der Waals surface area contributed by atoms with Gasteiger partial charge >= 0.3 is 0 Å². The van der Waals surface area contributed by atoms with Gasteiger partial charge in [0.05, 0.1) is 12.8 Å². The highest BCUT2D eigenvalue weighted by Gasteiger charge is 2.62. The molecule has 0 aromatic rings. The molecule has 0 aromatic carbocycles. The van der Waals surface area contributed by atoms with Crippen LogP contribution in [0.25, 0.3) is 0 Å². The molecule has 4 aliphatic rings. The highest BCUT2D eigenvalue weighted by molar-refractivity contribution is 5.79. The van der Waals surface area contributed by atoms with Gasteiger partial charge in [0.15, 0.2) is 0 Å². The molecule has 1 N–H and O–H groups in total. The Bertz CT molecular complexity index is 506. The maximum Gasteiger partial charge on any atom is 0.133 e. The second-order valence-electron chi connectivity index (χ2n) is 9.52. The standard InChI is InChI=1S/C20H31FO2/c1-19-7-5-14(22)10-13(19)9-12(11-21)18-15-3-4-17(23)20(15,2)8-6-16(18)19/h12-13,15-18,23H,3-11H2,1-2H3/t12?,13?,15-,16-,17-,18-,19-,20-/m0/s1. The number of hydrogen-bond donors (Lipinski definition) is 1. The van der Waals surface area contributed by atoms with E-state index in [0.29, 0.717) is 35.9 Å². The molecular weight excluding hydrogens is 291 g/mol. The second kappa shape index (κ2) is 5.28. The fourth-order valence-corrected chi connectivity index (χ4v) is 7.35. The van der Waals surface area contributed by atoms with Crippen molar-refractivity contribution in [3.05, 3.63) is 0 Å². The Balaban J connectivity index is 1.70. The third-order valence-electron chi connectivity index (χ3n) is 8.81. The molecule has 4 saturated carbocycles. The third-order valence-corrected chi connectivity index (χ3v) is 8.81. The van der Waals surface area contributed by atoms with Gasteiger partial charge in [-0.2, -0.15) is 0 Å². The number of carbonyl (C=O) groups excluding carboxylic acids is 1. The number of ketones is 1. The molecule has 4 aliphatic carbocycles. The van der Waals surface area contributed by atoms with Gasteiger partial charge in [0.25, 0.3) is 0 Å². The summed E-state index contributed by atoms with van der Waals surface area (Å²) in [7, 11) is 0. The lowest BCUT2D eigenvalue weighted by molar-refractivity contribution is -0.157. The van der Waals surface area contributed by atoms with E-state index in [-0.39, 0.29) is 29.5 Å². The van der Waals surface area contributed by atoms with Crippen molar-refractivity contribution in [2.75, 3.05) is 6.67 Å².